The molecule has 0 atom stereocenters. The fourth-order valence-electron chi connectivity index (χ4n) is 2.70. The van der Waals surface area contributed by atoms with E-state index in [2.05, 4.69) is 5.32 Å². The molecule has 20 heavy (non-hydrogen) atoms. The Bertz CT molecular complexity index is 637. The first-order valence-corrected chi connectivity index (χ1v) is 6.00. The van der Waals surface area contributed by atoms with Crippen LogP contribution < -0.4 is 10.1 Å². The fourth-order valence-corrected chi connectivity index (χ4v) is 2.70. The molecule has 0 amide bonds. The third-order valence-electron chi connectivity index (χ3n) is 3.46. The smallest absolute Gasteiger partial charge is 0.417 e. The molecular weight excluding hydrogens is 293 g/mol. The number of rotatable bonds is 1. The van der Waals surface area contributed by atoms with Crippen molar-refractivity contribution in [2.75, 3.05) is 13.7 Å². The molecule has 0 aliphatic carbocycles. The van der Waals surface area contributed by atoms with Crippen LogP contribution in [-0.2, 0) is 19.3 Å². The van der Waals surface area contributed by atoms with Crippen LogP contribution in [0.25, 0.3) is 10.9 Å². The Hall–Kier alpha value is -1.40. The number of nitrogens with one attached hydrogen (secondary N) is 1. The molecule has 7 heteroatoms. The first-order valence-electron chi connectivity index (χ1n) is 6.00. The lowest BCUT2D eigenvalue weighted by atomic mass is 10.1. The Labute approximate surface area is 120 Å². The van der Waals surface area contributed by atoms with E-state index in [0.717, 1.165) is 18.3 Å². The van der Waals surface area contributed by atoms with Gasteiger partial charge in [0.15, 0.2) is 0 Å². The first kappa shape index (κ1) is 15.0. The average molecular weight is 307 g/mol. The third-order valence-corrected chi connectivity index (χ3v) is 3.46. The Morgan fingerprint density at radius 2 is 2.05 bits per heavy atom. The highest BCUT2D eigenvalue weighted by atomic mass is 35.5. The van der Waals surface area contributed by atoms with Crippen LogP contribution in [0.5, 0.6) is 5.75 Å². The summed E-state index contributed by atoms with van der Waals surface area (Å²) >= 11 is 0. The molecule has 0 radical (unpaired) electrons. The van der Waals surface area contributed by atoms with E-state index in [4.69, 9.17) is 4.74 Å². The highest BCUT2D eigenvalue weighted by Crippen LogP contribution is 2.42. The van der Waals surface area contributed by atoms with Gasteiger partial charge in [0.25, 0.3) is 0 Å². The molecule has 1 N–H and O–H groups in total. The van der Waals surface area contributed by atoms with Crippen LogP contribution in [0.3, 0.4) is 0 Å². The number of fused-ring (bicyclic) bond motifs is 3. The summed E-state index contributed by atoms with van der Waals surface area (Å²) in [5.41, 5.74) is 0.729. The fraction of sp³-hybridized carbons (Fsp3) is 0.385. The number of halogens is 4. The van der Waals surface area contributed by atoms with E-state index in [0.29, 0.717) is 24.4 Å². The molecule has 0 unspecified atom stereocenters. The Morgan fingerprint density at radius 3 is 2.70 bits per heavy atom. The second kappa shape index (κ2) is 5.18. The molecule has 0 fully saturated rings. The van der Waals surface area contributed by atoms with Gasteiger partial charge >= 0.3 is 6.18 Å². The van der Waals surface area contributed by atoms with Gasteiger partial charge in [-0.25, -0.2) is 0 Å². The van der Waals surface area contributed by atoms with E-state index in [-0.39, 0.29) is 17.8 Å². The predicted molar refractivity (Wildman–Crippen MR) is 72.4 cm³/mol. The minimum absolute atomic E-state index is 0. The van der Waals surface area contributed by atoms with Crippen LogP contribution >= 0.6 is 12.4 Å². The molecule has 1 aliphatic heterocycles. The first-order chi connectivity index (χ1) is 9.04. The number of ether oxygens (including phenoxy) is 1. The third kappa shape index (κ3) is 2.13. The molecule has 0 bridgehead atoms. The summed E-state index contributed by atoms with van der Waals surface area (Å²) in [5, 5.41) is 3.32. The largest absolute Gasteiger partial charge is 0.494 e. The standard InChI is InChI=1S/C13H13F3N2O.ClH/c1-19-12-10-7-17-5-6-18(10)9-4-2-3-8(11(9)12)13(14,15)16;/h2-4,17H,5-7H2,1H3;1H. The van der Waals surface area contributed by atoms with E-state index < -0.39 is 11.7 Å². The normalized spacial score (nSPS) is 14.8. The highest BCUT2D eigenvalue weighted by Gasteiger charge is 2.35. The summed E-state index contributed by atoms with van der Waals surface area (Å²) in [6.45, 7) is 1.92. The zero-order valence-electron chi connectivity index (χ0n) is 10.8. The van der Waals surface area contributed by atoms with Gasteiger partial charge in [0, 0.05) is 19.6 Å². The second-order valence-corrected chi connectivity index (χ2v) is 4.51. The Kier molecular flexibility index (Phi) is 3.88. The number of hydrogen-bond donors (Lipinski definition) is 1. The van der Waals surface area contributed by atoms with Gasteiger partial charge in [0.05, 0.1) is 29.3 Å². The van der Waals surface area contributed by atoms with Crippen molar-refractivity contribution in [2.24, 2.45) is 0 Å². The Morgan fingerprint density at radius 1 is 1.30 bits per heavy atom. The molecule has 0 spiro atoms. The van der Waals surface area contributed by atoms with E-state index in [1.807, 2.05) is 4.57 Å². The van der Waals surface area contributed by atoms with Crippen LogP contribution in [0.1, 0.15) is 11.3 Å². The summed E-state index contributed by atoms with van der Waals surface area (Å²) in [6.07, 6.45) is -4.38. The van der Waals surface area contributed by atoms with Crippen molar-refractivity contribution in [2.45, 2.75) is 19.3 Å². The molecule has 0 saturated heterocycles. The van der Waals surface area contributed by atoms with Crippen molar-refractivity contribution in [3.05, 3.63) is 29.5 Å². The van der Waals surface area contributed by atoms with Gasteiger partial charge in [-0.15, -0.1) is 12.4 Å². The SMILES string of the molecule is COc1c2n(c3cccc(C(F)(F)F)c13)CCNC2.Cl. The van der Waals surface area contributed by atoms with Crippen LogP contribution in [0.4, 0.5) is 13.2 Å². The van der Waals surface area contributed by atoms with Crippen molar-refractivity contribution in [1.29, 1.82) is 0 Å². The highest BCUT2D eigenvalue weighted by molar-refractivity contribution is 5.92. The predicted octanol–water partition coefficient (Wildman–Crippen LogP) is 3.19. The molecule has 110 valence electrons. The van der Waals surface area contributed by atoms with Crippen molar-refractivity contribution >= 4 is 23.3 Å². The Balaban J connectivity index is 0.00000147. The second-order valence-electron chi connectivity index (χ2n) is 4.51. The van der Waals surface area contributed by atoms with Crippen LogP contribution in [0.15, 0.2) is 18.2 Å². The van der Waals surface area contributed by atoms with Crippen molar-refractivity contribution in [1.82, 2.24) is 9.88 Å². The van der Waals surface area contributed by atoms with Crippen LogP contribution in [0, 0.1) is 0 Å². The lowest BCUT2D eigenvalue weighted by Crippen LogP contribution is -2.27. The maximum atomic E-state index is 13.1. The number of aromatic nitrogens is 1. The zero-order valence-corrected chi connectivity index (χ0v) is 11.6. The summed E-state index contributed by atoms with van der Waals surface area (Å²) in [4.78, 5) is 0. The number of nitrogens with zero attached hydrogens (tertiary/aromatic N) is 1. The van der Waals surface area contributed by atoms with E-state index in [1.54, 1.807) is 6.07 Å². The van der Waals surface area contributed by atoms with Crippen molar-refractivity contribution in [3.63, 3.8) is 0 Å². The van der Waals surface area contributed by atoms with Gasteiger partial charge < -0.3 is 14.6 Å². The topological polar surface area (TPSA) is 26.2 Å². The van der Waals surface area contributed by atoms with Gasteiger partial charge in [-0.2, -0.15) is 13.2 Å². The minimum atomic E-state index is -4.38. The lowest BCUT2D eigenvalue weighted by molar-refractivity contribution is -0.136. The lowest BCUT2D eigenvalue weighted by Gasteiger charge is -2.17. The van der Waals surface area contributed by atoms with Crippen molar-refractivity contribution in [3.8, 4) is 5.75 Å². The van der Waals surface area contributed by atoms with Crippen LogP contribution in [-0.4, -0.2) is 18.2 Å². The number of methoxy groups -OCH3 is 1. The average Bonchev–Trinajstić information content (AvgIpc) is 2.71. The monoisotopic (exact) mass is 306 g/mol. The zero-order chi connectivity index (χ0) is 13.6. The molecular formula is C13H14ClF3N2O. The quantitative estimate of drug-likeness (QED) is 0.875. The van der Waals surface area contributed by atoms with E-state index in [9.17, 15) is 13.2 Å². The molecule has 3 nitrogen and oxygen atoms in total. The van der Waals surface area contributed by atoms with Gasteiger partial charge in [0.2, 0.25) is 0 Å². The summed E-state index contributed by atoms with van der Waals surface area (Å²) in [6, 6.07) is 4.26. The van der Waals surface area contributed by atoms with Gasteiger partial charge in [-0.05, 0) is 12.1 Å². The summed E-state index contributed by atoms with van der Waals surface area (Å²) in [5.74, 6) is 0.329. The molecule has 1 aliphatic rings. The number of benzene rings is 1. The van der Waals surface area contributed by atoms with Crippen molar-refractivity contribution < 1.29 is 17.9 Å². The molecule has 1 aromatic heterocycles. The molecule has 1 aromatic carbocycles. The summed E-state index contributed by atoms with van der Waals surface area (Å²) in [7, 11) is 1.41. The maximum absolute atomic E-state index is 13.1. The van der Waals surface area contributed by atoms with E-state index in [1.165, 1.54) is 13.2 Å². The van der Waals surface area contributed by atoms with Gasteiger partial charge in [0.1, 0.15) is 5.75 Å². The molecule has 0 saturated carbocycles. The molecule has 3 rings (SSSR count). The number of hydrogen-bond acceptors (Lipinski definition) is 2. The maximum Gasteiger partial charge on any atom is 0.417 e. The summed E-state index contributed by atoms with van der Waals surface area (Å²) < 4.78 is 46.5. The van der Waals surface area contributed by atoms with Gasteiger partial charge in [-0.3, -0.25) is 0 Å². The minimum Gasteiger partial charge on any atom is -0.494 e. The van der Waals surface area contributed by atoms with Crippen LogP contribution in [0.2, 0.25) is 0 Å². The van der Waals surface area contributed by atoms with E-state index >= 15 is 0 Å². The number of alkyl halides is 3. The molecule has 2 heterocycles. The van der Waals surface area contributed by atoms with Gasteiger partial charge in [-0.1, -0.05) is 6.07 Å². The molecule has 2 aromatic rings.